The molecule has 3 unspecified atom stereocenters. The van der Waals surface area contributed by atoms with E-state index in [4.69, 9.17) is 0 Å². The molecule has 1 aromatic rings. The number of amides is 1. The van der Waals surface area contributed by atoms with Crippen LogP contribution < -0.4 is 5.32 Å². The van der Waals surface area contributed by atoms with Gasteiger partial charge in [-0.2, -0.15) is 0 Å². The Kier molecular flexibility index (Phi) is 2.74. The molecule has 18 heavy (non-hydrogen) atoms. The molecule has 0 aromatic heterocycles. The molecule has 96 valence electrons. The summed E-state index contributed by atoms with van der Waals surface area (Å²) in [5.74, 6) is 0.876. The Bertz CT molecular complexity index is 457. The second-order valence-corrected chi connectivity index (χ2v) is 5.33. The summed E-state index contributed by atoms with van der Waals surface area (Å²) in [6, 6.07) is 7.17. The van der Waals surface area contributed by atoms with E-state index in [1.807, 2.05) is 4.90 Å². The lowest BCUT2D eigenvalue weighted by atomic mass is 10.0. The third-order valence-electron chi connectivity index (χ3n) is 4.13. The first-order valence-electron chi connectivity index (χ1n) is 6.49. The first-order chi connectivity index (χ1) is 8.66. The van der Waals surface area contributed by atoms with Crippen LogP contribution in [0.15, 0.2) is 24.3 Å². The van der Waals surface area contributed by atoms with E-state index >= 15 is 0 Å². The fraction of sp³-hybridized carbons (Fsp3) is 0.500. The fourth-order valence-corrected chi connectivity index (χ4v) is 3.27. The summed E-state index contributed by atoms with van der Waals surface area (Å²) >= 11 is 0. The molecular formula is C14H18N2O2. The van der Waals surface area contributed by atoms with Crippen LogP contribution in [0.5, 0.6) is 5.75 Å². The number of hydrogen-bond acceptors (Lipinski definition) is 3. The Hall–Kier alpha value is -1.55. The molecule has 0 bridgehead atoms. The first kappa shape index (κ1) is 11.5. The van der Waals surface area contributed by atoms with Gasteiger partial charge in [-0.15, -0.1) is 0 Å². The van der Waals surface area contributed by atoms with Gasteiger partial charge in [0.05, 0.1) is 0 Å². The van der Waals surface area contributed by atoms with Gasteiger partial charge in [-0.3, -0.25) is 4.79 Å². The third-order valence-corrected chi connectivity index (χ3v) is 4.13. The zero-order valence-electron chi connectivity index (χ0n) is 10.5. The van der Waals surface area contributed by atoms with Crippen molar-refractivity contribution >= 4 is 5.91 Å². The monoisotopic (exact) mass is 246 g/mol. The second kappa shape index (κ2) is 4.28. The third kappa shape index (κ3) is 1.77. The van der Waals surface area contributed by atoms with Gasteiger partial charge in [0, 0.05) is 30.7 Å². The molecule has 3 atom stereocenters. The lowest BCUT2D eigenvalue weighted by Crippen LogP contribution is -2.42. The van der Waals surface area contributed by atoms with Crippen molar-refractivity contribution in [3.8, 4) is 5.75 Å². The molecule has 2 fully saturated rings. The van der Waals surface area contributed by atoms with Gasteiger partial charge < -0.3 is 15.3 Å². The van der Waals surface area contributed by atoms with E-state index in [0.29, 0.717) is 23.6 Å². The largest absolute Gasteiger partial charge is 0.508 e. The van der Waals surface area contributed by atoms with Crippen LogP contribution in [-0.4, -0.2) is 41.1 Å². The highest BCUT2D eigenvalue weighted by molar-refractivity contribution is 5.95. The molecular weight excluding hydrogens is 228 g/mol. The summed E-state index contributed by atoms with van der Waals surface area (Å²) in [5.41, 5.74) is 0.659. The van der Waals surface area contributed by atoms with E-state index in [-0.39, 0.29) is 11.7 Å². The zero-order valence-corrected chi connectivity index (χ0v) is 10.5. The molecule has 4 nitrogen and oxygen atoms in total. The van der Waals surface area contributed by atoms with Gasteiger partial charge >= 0.3 is 0 Å². The van der Waals surface area contributed by atoms with Crippen LogP contribution in [0.4, 0.5) is 0 Å². The van der Waals surface area contributed by atoms with E-state index in [1.165, 1.54) is 0 Å². The minimum Gasteiger partial charge on any atom is -0.508 e. The molecule has 0 spiro atoms. The molecule has 0 saturated carbocycles. The number of phenolic OH excluding ortho intramolecular Hbond substituents is 1. The number of fused-ring (bicyclic) bond motifs is 1. The smallest absolute Gasteiger partial charge is 0.254 e. The summed E-state index contributed by atoms with van der Waals surface area (Å²) in [6.45, 7) is 4.05. The van der Waals surface area contributed by atoms with Gasteiger partial charge in [0.25, 0.3) is 5.91 Å². The van der Waals surface area contributed by atoms with Crippen LogP contribution in [0.2, 0.25) is 0 Å². The molecule has 2 N–H and O–H groups in total. The Balaban J connectivity index is 1.85. The molecule has 1 amide bonds. The normalized spacial score (nSPS) is 30.5. The number of carbonyl (C=O) groups is 1. The molecule has 2 heterocycles. The van der Waals surface area contributed by atoms with Crippen LogP contribution >= 0.6 is 0 Å². The van der Waals surface area contributed by atoms with Gasteiger partial charge in [0.2, 0.25) is 0 Å². The maximum Gasteiger partial charge on any atom is 0.254 e. The van der Waals surface area contributed by atoms with Crippen LogP contribution in [-0.2, 0) is 0 Å². The number of hydrogen-bond donors (Lipinski definition) is 2. The molecule has 4 heteroatoms. The van der Waals surface area contributed by atoms with Gasteiger partial charge in [0.15, 0.2) is 0 Å². The van der Waals surface area contributed by atoms with Crippen molar-refractivity contribution in [3.63, 3.8) is 0 Å². The maximum absolute atomic E-state index is 12.5. The van der Waals surface area contributed by atoms with Crippen LogP contribution in [0.25, 0.3) is 0 Å². The van der Waals surface area contributed by atoms with Crippen molar-refractivity contribution in [1.29, 1.82) is 0 Å². The molecule has 0 aliphatic carbocycles. The van der Waals surface area contributed by atoms with E-state index in [1.54, 1.807) is 24.3 Å². The molecule has 2 saturated heterocycles. The quantitative estimate of drug-likeness (QED) is 0.783. The average Bonchev–Trinajstić information content (AvgIpc) is 2.89. The maximum atomic E-state index is 12.5. The van der Waals surface area contributed by atoms with Crippen LogP contribution in [0.1, 0.15) is 23.7 Å². The summed E-state index contributed by atoms with van der Waals surface area (Å²) < 4.78 is 0. The number of nitrogens with one attached hydrogen (secondary N) is 1. The Morgan fingerprint density at radius 1 is 1.33 bits per heavy atom. The SMILES string of the molecule is CC1CC2CNCC2N1C(=O)c1ccc(O)cc1. The molecule has 1 aromatic carbocycles. The van der Waals surface area contributed by atoms with E-state index in [9.17, 15) is 9.90 Å². The standard InChI is InChI=1S/C14H18N2O2/c1-9-6-11-7-15-8-13(11)16(9)14(18)10-2-4-12(17)5-3-10/h2-5,9,11,13,15,17H,6-8H2,1H3. The summed E-state index contributed by atoms with van der Waals surface area (Å²) in [5, 5.41) is 12.6. The topological polar surface area (TPSA) is 52.6 Å². The summed E-state index contributed by atoms with van der Waals surface area (Å²) in [6.07, 6.45) is 1.08. The van der Waals surface area contributed by atoms with Crippen LogP contribution in [0, 0.1) is 5.92 Å². The van der Waals surface area contributed by atoms with Crippen molar-refractivity contribution in [3.05, 3.63) is 29.8 Å². The number of phenols is 1. The van der Waals surface area contributed by atoms with E-state index in [0.717, 1.165) is 19.5 Å². The second-order valence-electron chi connectivity index (χ2n) is 5.33. The van der Waals surface area contributed by atoms with Crippen molar-refractivity contribution < 1.29 is 9.90 Å². The van der Waals surface area contributed by atoms with E-state index in [2.05, 4.69) is 12.2 Å². The van der Waals surface area contributed by atoms with Crippen molar-refractivity contribution in [1.82, 2.24) is 10.2 Å². The number of aromatic hydroxyl groups is 1. The Morgan fingerprint density at radius 2 is 2.06 bits per heavy atom. The average molecular weight is 246 g/mol. The van der Waals surface area contributed by atoms with Crippen LogP contribution in [0.3, 0.4) is 0 Å². The lowest BCUT2D eigenvalue weighted by molar-refractivity contribution is 0.0682. The minimum atomic E-state index is 0.0821. The predicted octanol–water partition coefficient (Wildman–Crippen LogP) is 1.21. The molecule has 0 radical (unpaired) electrons. The van der Waals surface area contributed by atoms with Gasteiger partial charge in [-0.25, -0.2) is 0 Å². The minimum absolute atomic E-state index is 0.0821. The van der Waals surface area contributed by atoms with Gasteiger partial charge in [-0.1, -0.05) is 0 Å². The summed E-state index contributed by atoms with van der Waals surface area (Å²) in [7, 11) is 0. The zero-order chi connectivity index (χ0) is 12.7. The van der Waals surface area contributed by atoms with Gasteiger partial charge in [0.1, 0.15) is 5.75 Å². The van der Waals surface area contributed by atoms with Crippen molar-refractivity contribution in [2.24, 2.45) is 5.92 Å². The Labute approximate surface area is 107 Å². The predicted molar refractivity (Wildman–Crippen MR) is 68.5 cm³/mol. The van der Waals surface area contributed by atoms with Crippen molar-refractivity contribution in [2.45, 2.75) is 25.4 Å². The molecule has 2 aliphatic rings. The van der Waals surface area contributed by atoms with Crippen molar-refractivity contribution in [2.75, 3.05) is 13.1 Å². The van der Waals surface area contributed by atoms with E-state index < -0.39 is 0 Å². The number of carbonyl (C=O) groups excluding carboxylic acids is 1. The lowest BCUT2D eigenvalue weighted by Gasteiger charge is -2.27. The van der Waals surface area contributed by atoms with Gasteiger partial charge in [-0.05, 0) is 43.5 Å². The Morgan fingerprint density at radius 3 is 2.78 bits per heavy atom. The first-order valence-corrected chi connectivity index (χ1v) is 6.49. The highest BCUT2D eigenvalue weighted by Gasteiger charge is 2.44. The molecule has 2 aliphatic heterocycles. The summed E-state index contributed by atoms with van der Waals surface area (Å²) in [4.78, 5) is 14.5. The number of nitrogens with zero attached hydrogens (tertiary/aromatic N) is 1. The number of rotatable bonds is 1. The highest BCUT2D eigenvalue weighted by Crippen LogP contribution is 2.33. The number of likely N-dealkylation sites (tertiary alicyclic amines) is 1. The number of benzene rings is 1. The molecule has 3 rings (SSSR count). The fourth-order valence-electron chi connectivity index (χ4n) is 3.27. The highest BCUT2D eigenvalue weighted by atomic mass is 16.3.